The highest BCUT2D eigenvalue weighted by molar-refractivity contribution is 5.95. The van der Waals surface area contributed by atoms with E-state index in [0.717, 1.165) is 11.5 Å². The van der Waals surface area contributed by atoms with Crippen LogP contribution in [0.25, 0.3) is 17.0 Å². The predicted octanol–water partition coefficient (Wildman–Crippen LogP) is 2.04. The van der Waals surface area contributed by atoms with Gasteiger partial charge in [-0.2, -0.15) is 0 Å². The van der Waals surface area contributed by atoms with Crippen LogP contribution in [0.1, 0.15) is 5.56 Å². The lowest BCUT2D eigenvalue weighted by Gasteiger charge is -2.02. The van der Waals surface area contributed by atoms with Gasteiger partial charge in [-0.05, 0) is 23.8 Å². The molecule has 0 atom stereocenters. The van der Waals surface area contributed by atoms with Crippen LogP contribution in [-0.2, 0) is 4.79 Å². The van der Waals surface area contributed by atoms with Crippen LogP contribution in [0, 0.1) is 0 Å². The Morgan fingerprint density at radius 1 is 1.31 bits per heavy atom. The number of hydrogen-bond donors (Lipinski definition) is 2. The molecule has 0 radical (unpaired) electrons. The van der Waals surface area contributed by atoms with E-state index < -0.39 is 5.97 Å². The van der Waals surface area contributed by atoms with Crippen molar-refractivity contribution >= 4 is 22.9 Å². The van der Waals surface area contributed by atoms with Crippen molar-refractivity contribution < 1.29 is 15.0 Å². The Bertz CT molecular complexity index is 575. The third-order valence-corrected chi connectivity index (χ3v) is 2.19. The Hall–Kier alpha value is -2.36. The summed E-state index contributed by atoms with van der Waals surface area (Å²) in [5, 5.41) is 18.8. The molecule has 0 unspecified atom stereocenters. The Morgan fingerprint density at radius 2 is 2.12 bits per heavy atom. The number of rotatable bonds is 2. The van der Waals surface area contributed by atoms with Crippen LogP contribution in [0.4, 0.5) is 0 Å². The first-order valence-corrected chi connectivity index (χ1v) is 4.66. The molecule has 1 aromatic carbocycles. The van der Waals surface area contributed by atoms with Gasteiger partial charge in [0.25, 0.3) is 0 Å². The molecule has 0 saturated heterocycles. The molecular weight excluding hydrogens is 206 g/mol. The summed E-state index contributed by atoms with van der Waals surface area (Å²) >= 11 is 0. The number of aromatic nitrogens is 1. The quantitative estimate of drug-likeness (QED) is 0.752. The molecule has 0 aliphatic rings. The molecule has 0 aliphatic carbocycles. The van der Waals surface area contributed by atoms with Crippen molar-refractivity contribution in [3.63, 3.8) is 0 Å². The molecule has 0 aliphatic heterocycles. The molecule has 2 rings (SSSR count). The van der Waals surface area contributed by atoms with Gasteiger partial charge in [0.15, 0.2) is 0 Å². The average Bonchev–Trinajstić information content (AvgIpc) is 2.28. The monoisotopic (exact) mass is 215 g/mol. The van der Waals surface area contributed by atoms with Gasteiger partial charge in [0.2, 0.25) is 0 Å². The maximum Gasteiger partial charge on any atom is 0.328 e. The number of carbonyl (C=O) groups is 1. The molecule has 4 heteroatoms. The van der Waals surface area contributed by atoms with Gasteiger partial charge >= 0.3 is 5.97 Å². The second-order valence-corrected chi connectivity index (χ2v) is 3.25. The van der Waals surface area contributed by atoms with Gasteiger partial charge in [-0.1, -0.05) is 12.1 Å². The van der Waals surface area contributed by atoms with Gasteiger partial charge < -0.3 is 10.2 Å². The smallest absolute Gasteiger partial charge is 0.328 e. The zero-order valence-electron chi connectivity index (χ0n) is 8.29. The highest BCUT2D eigenvalue weighted by atomic mass is 16.4. The molecule has 0 fully saturated rings. The minimum Gasteiger partial charge on any atom is -0.506 e. The maximum absolute atomic E-state index is 10.4. The lowest BCUT2D eigenvalue weighted by atomic mass is 10.1. The molecule has 1 heterocycles. The fraction of sp³-hybridized carbons (Fsp3) is 0. The number of nitrogens with zero attached hydrogens (tertiary/aromatic N) is 1. The molecule has 0 bridgehead atoms. The van der Waals surface area contributed by atoms with Gasteiger partial charge in [-0.3, -0.25) is 4.98 Å². The van der Waals surface area contributed by atoms with E-state index in [9.17, 15) is 9.90 Å². The van der Waals surface area contributed by atoms with Gasteiger partial charge in [0.1, 0.15) is 11.3 Å². The van der Waals surface area contributed by atoms with Crippen molar-refractivity contribution in [2.75, 3.05) is 0 Å². The van der Waals surface area contributed by atoms with Crippen LogP contribution in [0.3, 0.4) is 0 Å². The first kappa shape index (κ1) is 10.2. The van der Waals surface area contributed by atoms with Crippen molar-refractivity contribution in [2.45, 2.75) is 0 Å². The van der Waals surface area contributed by atoms with Crippen LogP contribution in [-0.4, -0.2) is 21.2 Å². The number of aromatic hydroxyl groups is 1. The second kappa shape index (κ2) is 4.02. The number of carboxylic acids is 1. The van der Waals surface area contributed by atoms with E-state index in [1.165, 1.54) is 12.1 Å². The summed E-state index contributed by atoms with van der Waals surface area (Å²) < 4.78 is 0. The minimum atomic E-state index is -1.01. The van der Waals surface area contributed by atoms with Crippen molar-refractivity contribution in [3.05, 3.63) is 42.1 Å². The Kier molecular flexibility index (Phi) is 2.55. The fourth-order valence-corrected chi connectivity index (χ4v) is 1.49. The maximum atomic E-state index is 10.4. The van der Waals surface area contributed by atoms with E-state index in [1.807, 2.05) is 0 Å². The van der Waals surface area contributed by atoms with Gasteiger partial charge in [-0.25, -0.2) is 4.79 Å². The number of benzene rings is 1. The molecule has 0 saturated carbocycles. The van der Waals surface area contributed by atoms with Crippen LogP contribution >= 0.6 is 0 Å². The van der Waals surface area contributed by atoms with E-state index >= 15 is 0 Å². The molecule has 2 N–H and O–H groups in total. The SMILES string of the molecule is O=C(O)/C=C/c1ccc(O)c2ncccc12. The second-order valence-electron chi connectivity index (χ2n) is 3.25. The van der Waals surface area contributed by atoms with Crippen LogP contribution in [0.2, 0.25) is 0 Å². The summed E-state index contributed by atoms with van der Waals surface area (Å²) in [5.41, 5.74) is 1.18. The van der Waals surface area contributed by atoms with E-state index in [2.05, 4.69) is 4.98 Å². The lowest BCUT2D eigenvalue weighted by Crippen LogP contribution is -1.87. The number of hydrogen-bond acceptors (Lipinski definition) is 3. The zero-order chi connectivity index (χ0) is 11.5. The van der Waals surface area contributed by atoms with E-state index in [-0.39, 0.29) is 5.75 Å². The third-order valence-electron chi connectivity index (χ3n) is 2.19. The fourth-order valence-electron chi connectivity index (χ4n) is 1.49. The lowest BCUT2D eigenvalue weighted by molar-refractivity contribution is -0.131. The molecule has 80 valence electrons. The van der Waals surface area contributed by atoms with Gasteiger partial charge in [0.05, 0.1) is 0 Å². The summed E-state index contributed by atoms with van der Waals surface area (Å²) in [7, 11) is 0. The third kappa shape index (κ3) is 1.86. The van der Waals surface area contributed by atoms with Crippen molar-refractivity contribution in [2.24, 2.45) is 0 Å². The summed E-state index contributed by atoms with van der Waals surface area (Å²) in [6, 6.07) is 6.67. The number of phenols is 1. The molecule has 1 aromatic heterocycles. The molecule has 0 spiro atoms. The Labute approximate surface area is 91.5 Å². The summed E-state index contributed by atoms with van der Waals surface area (Å²) in [6.07, 6.45) is 4.11. The highest BCUT2D eigenvalue weighted by Crippen LogP contribution is 2.25. The largest absolute Gasteiger partial charge is 0.506 e. The van der Waals surface area contributed by atoms with Crippen LogP contribution in [0.5, 0.6) is 5.75 Å². The standard InChI is InChI=1S/C12H9NO3/c14-10-5-3-8(4-6-11(15)16)9-2-1-7-13-12(9)10/h1-7,14H,(H,15,16)/b6-4+. The van der Waals surface area contributed by atoms with E-state index in [0.29, 0.717) is 11.1 Å². The van der Waals surface area contributed by atoms with Crippen molar-refractivity contribution in [1.82, 2.24) is 4.98 Å². The Morgan fingerprint density at radius 3 is 2.88 bits per heavy atom. The summed E-state index contributed by atoms with van der Waals surface area (Å²) in [5.74, 6) is -0.923. The summed E-state index contributed by atoms with van der Waals surface area (Å²) in [6.45, 7) is 0. The number of pyridine rings is 1. The van der Waals surface area contributed by atoms with Gasteiger partial charge in [-0.15, -0.1) is 0 Å². The number of aliphatic carboxylic acids is 1. The van der Waals surface area contributed by atoms with Gasteiger partial charge in [0, 0.05) is 17.7 Å². The van der Waals surface area contributed by atoms with Crippen LogP contribution < -0.4 is 0 Å². The molecule has 16 heavy (non-hydrogen) atoms. The number of fused-ring (bicyclic) bond motifs is 1. The molecule has 2 aromatic rings. The Balaban J connectivity index is 2.63. The summed E-state index contributed by atoms with van der Waals surface area (Å²) in [4.78, 5) is 14.5. The minimum absolute atomic E-state index is 0.0862. The van der Waals surface area contributed by atoms with E-state index in [1.54, 1.807) is 24.4 Å². The van der Waals surface area contributed by atoms with E-state index in [4.69, 9.17) is 5.11 Å². The van der Waals surface area contributed by atoms with Crippen molar-refractivity contribution in [1.29, 1.82) is 0 Å². The first-order valence-electron chi connectivity index (χ1n) is 4.66. The predicted molar refractivity (Wildman–Crippen MR) is 60.1 cm³/mol. The normalized spacial score (nSPS) is 11.0. The molecular formula is C12H9NO3. The van der Waals surface area contributed by atoms with Crippen LogP contribution in [0.15, 0.2) is 36.5 Å². The first-order chi connectivity index (χ1) is 7.68. The van der Waals surface area contributed by atoms with Crippen molar-refractivity contribution in [3.8, 4) is 5.75 Å². The molecule has 4 nitrogen and oxygen atoms in total. The molecule has 0 amide bonds. The average molecular weight is 215 g/mol. The highest BCUT2D eigenvalue weighted by Gasteiger charge is 2.03. The zero-order valence-corrected chi connectivity index (χ0v) is 8.29. The topological polar surface area (TPSA) is 70.4 Å². The number of phenolic OH excluding ortho intramolecular Hbond substituents is 1. The number of carboxylic acid groups (broad SMARTS) is 1.